The fourth-order valence-corrected chi connectivity index (χ4v) is 5.25. The van der Waals surface area contributed by atoms with Gasteiger partial charge in [0.25, 0.3) is 0 Å². The van der Waals surface area contributed by atoms with Crippen LogP contribution in [0.2, 0.25) is 0 Å². The molecule has 0 radical (unpaired) electrons. The maximum Gasteiger partial charge on any atom is 0.121 e. The highest BCUT2D eigenvalue weighted by molar-refractivity contribution is 5.75. The number of aliphatic imine (C=N–C) groups is 1. The van der Waals surface area contributed by atoms with E-state index in [2.05, 4.69) is 85.9 Å². The number of aromatic amines is 1. The Hall–Kier alpha value is -3.87. The first-order chi connectivity index (χ1) is 18.3. The van der Waals surface area contributed by atoms with Gasteiger partial charge < -0.3 is 10.3 Å². The zero-order chi connectivity index (χ0) is 24.9. The van der Waals surface area contributed by atoms with Crippen molar-refractivity contribution in [3.8, 4) is 0 Å². The number of dihydropyridines is 1. The molecule has 0 amide bonds. The van der Waals surface area contributed by atoms with Crippen LogP contribution in [0.15, 0.2) is 102 Å². The molecule has 186 valence electrons. The first-order valence-electron chi connectivity index (χ1n) is 13.1. The number of allylic oxidation sites excluding steroid dienone is 1. The fraction of sp³-hybridized carbons (Fsp3) is 0.258. The van der Waals surface area contributed by atoms with Crippen molar-refractivity contribution in [1.29, 1.82) is 0 Å². The van der Waals surface area contributed by atoms with E-state index in [1.54, 1.807) is 0 Å². The number of aromatic nitrogens is 3. The van der Waals surface area contributed by atoms with Gasteiger partial charge in [0, 0.05) is 44.3 Å². The van der Waals surface area contributed by atoms with Gasteiger partial charge in [-0.05, 0) is 65.4 Å². The van der Waals surface area contributed by atoms with Crippen LogP contribution in [-0.2, 0) is 26.2 Å². The SMILES string of the molecule is C1=CC2=CC(N(Cc3ccc(CNCc4ccncc4)cc3)Cc3nc4ccccc4[nH]3)CCC2N=C1. The standard InChI is InChI=1S/C31H32N6/c1-2-6-30-29(5-1)35-31(36-30)22-37(27-11-12-28-26(18-27)4-3-15-34-28)21-25-9-7-23(8-10-25)19-33-20-24-13-16-32-17-14-24/h1-10,13-18,27-28,33H,11-12,19-22H2,(H,35,36). The molecule has 2 aromatic carbocycles. The number of hydrogen-bond donors (Lipinski definition) is 2. The van der Waals surface area contributed by atoms with Gasteiger partial charge in [-0.15, -0.1) is 0 Å². The predicted octanol–water partition coefficient (Wildman–Crippen LogP) is 5.35. The summed E-state index contributed by atoms with van der Waals surface area (Å²) in [5, 5.41) is 3.53. The number of hydrogen-bond acceptors (Lipinski definition) is 5. The van der Waals surface area contributed by atoms with E-state index in [9.17, 15) is 0 Å². The molecular weight excluding hydrogens is 456 g/mol. The van der Waals surface area contributed by atoms with Crippen LogP contribution in [0.1, 0.15) is 35.4 Å². The number of rotatable bonds is 9. The van der Waals surface area contributed by atoms with Gasteiger partial charge in [-0.1, -0.05) is 48.6 Å². The van der Waals surface area contributed by atoms with Gasteiger partial charge in [-0.3, -0.25) is 14.9 Å². The summed E-state index contributed by atoms with van der Waals surface area (Å²) >= 11 is 0. The van der Waals surface area contributed by atoms with Crippen molar-refractivity contribution in [1.82, 2.24) is 25.2 Å². The van der Waals surface area contributed by atoms with Crippen LogP contribution in [0.3, 0.4) is 0 Å². The highest BCUT2D eigenvalue weighted by Gasteiger charge is 2.26. The molecule has 0 saturated carbocycles. The Labute approximate surface area is 217 Å². The number of fused-ring (bicyclic) bond motifs is 2. The Balaban J connectivity index is 1.17. The number of H-pyrrole nitrogens is 1. The van der Waals surface area contributed by atoms with Crippen LogP contribution in [0.4, 0.5) is 0 Å². The molecule has 6 heteroatoms. The van der Waals surface area contributed by atoms with Gasteiger partial charge in [0.15, 0.2) is 0 Å². The zero-order valence-corrected chi connectivity index (χ0v) is 20.9. The molecule has 1 aliphatic heterocycles. The molecule has 6 rings (SSSR count). The summed E-state index contributed by atoms with van der Waals surface area (Å²) in [6.07, 6.45) is 14.5. The van der Waals surface area contributed by atoms with Gasteiger partial charge >= 0.3 is 0 Å². The lowest BCUT2D eigenvalue weighted by atomic mass is 9.89. The summed E-state index contributed by atoms with van der Waals surface area (Å²) in [5.74, 6) is 1.01. The topological polar surface area (TPSA) is 69.2 Å². The van der Waals surface area contributed by atoms with E-state index in [4.69, 9.17) is 4.98 Å². The van der Waals surface area contributed by atoms with Crippen molar-refractivity contribution in [2.24, 2.45) is 4.99 Å². The number of imidazole rings is 1. The van der Waals surface area contributed by atoms with Crippen LogP contribution < -0.4 is 5.32 Å². The van der Waals surface area contributed by atoms with E-state index in [0.717, 1.165) is 55.9 Å². The van der Waals surface area contributed by atoms with E-state index in [1.807, 2.05) is 36.8 Å². The lowest BCUT2D eigenvalue weighted by Crippen LogP contribution is -2.37. The molecule has 2 aromatic heterocycles. The molecule has 2 atom stereocenters. The summed E-state index contributed by atoms with van der Waals surface area (Å²) in [5.41, 5.74) is 7.29. The summed E-state index contributed by atoms with van der Waals surface area (Å²) in [7, 11) is 0. The van der Waals surface area contributed by atoms with E-state index < -0.39 is 0 Å². The minimum absolute atomic E-state index is 0.313. The van der Waals surface area contributed by atoms with Crippen LogP contribution >= 0.6 is 0 Å². The van der Waals surface area contributed by atoms with Gasteiger partial charge in [-0.25, -0.2) is 4.98 Å². The third-order valence-electron chi connectivity index (χ3n) is 7.22. The largest absolute Gasteiger partial charge is 0.341 e. The van der Waals surface area contributed by atoms with E-state index in [1.165, 1.54) is 22.3 Å². The molecule has 2 aliphatic rings. The second kappa shape index (κ2) is 11.0. The molecule has 0 saturated heterocycles. The van der Waals surface area contributed by atoms with E-state index in [-0.39, 0.29) is 0 Å². The smallest absolute Gasteiger partial charge is 0.121 e. The van der Waals surface area contributed by atoms with Crippen LogP contribution in [0, 0.1) is 0 Å². The third-order valence-corrected chi connectivity index (χ3v) is 7.22. The van der Waals surface area contributed by atoms with Crippen molar-refractivity contribution in [3.05, 3.63) is 119 Å². The molecule has 4 aromatic rings. The summed E-state index contributed by atoms with van der Waals surface area (Å²) in [6.45, 7) is 3.32. The lowest BCUT2D eigenvalue weighted by molar-refractivity contribution is 0.188. The van der Waals surface area contributed by atoms with Gasteiger partial charge in [0.2, 0.25) is 0 Å². The molecule has 0 fully saturated rings. The molecule has 2 N–H and O–H groups in total. The van der Waals surface area contributed by atoms with E-state index >= 15 is 0 Å². The number of pyridine rings is 1. The first-order valence-corrected chi connectivity index (χ1v) is 13.1. The third kappa shape index (κ3) is 5.77. The highest BCUT2D eigenvalue weighted by Crippen LogP contribution is 2.29. The fourth-order valence-electron chi connectivity index (χ4n) is 5.25. The maximum absolute atomic E-state index is 4.88. The minimum Gasteiger partial charge on any atom is -0.341 e. The predicted molar refractivity (Wildman–Crippen MR) is 149 cm³/mol. The Kier molecular flexibility index (Phi) is 7.01. The molecule has 37 heavy (non-hydrogen) atoms. The Morgan fingerprint density at radius 1 is 0.865 bits per heavy atom. The van der Waals surface area contributed by atoms with Gasteiger partial charge in [0.1, 0.15) is 5.82 Å². The number of para-hydroxylation sites is 2. The molecule has 2 unspecified atom stereocenters. The average molecular weight is 489 g/mol. The maximum atomic E-state index is 4.88. The Morgan fingerprint density at radius 2 is 1.65 bits per heavy atom. The van der Waals surface area contributed by atoms with Gasteiger partial charge in [-0.2, -0.15) is 0 Å². The summed E-state index contributed by atoms with van der Waals surface area (Å²) < 4.78 is 0. The van der Waals surface area contributed by atoms with Crippen molar-refractivity contribution in [2.75, 3.05) is 0 Å². The molecular formula is C31H32N6. The summed E-state index contributed by atoms with van der Waals surface area (Å²) in [4.78, 5) is 19.7. The zero-order valence-electron chi connectivity index (χ0n) is 20.9. The van der Waals surface area contributed by atoms with Crippen molar-refractivity contribution in [2.45, 2.75) is 51.1 Å². The van der Waals surface area contributed by atoms with Crippen molar-refractivity contribution >= 4 is 17.2 Å². The molecule has 6 nitrogen and oxygen atoms in total. The van der Waals surface area contributed by atoms with Gasteiger partial charge in [0.05, 0.1) is 23.6 Å². The monoisotopic (exact) mass is 488 g/mol. The minimum atomic E-state index is 0.313. The summed E-state index contributed by atoms with van der Waals surface area (Å²) in [6, 6.07) is 22.0. The van der Waals surface area contributed by atoms with Crippen LogP contribution in [-0.4, -0.2) is 38.2 Å². The van der Waals surface area contributed by atoms with Crippen molar-refractivity contribution < 1.29 is 0 Å². The first kappa shape index (κ1) is 23.5. The second-order valence-electron chi connectivity index (χ2n) is 9.87. The Morgan fingerprint density at radius 3 is 2.49 bits per heavy atom. The quantitative estimate of drug-likeness (QED) is 0.333. The van der Waals surface area contributed by atoms with Crippen molar-refractivity contribution in [3.63, 3.8) is 0 Å². The van der Waals surface area contributed by atoms with Crippen LogP contribution in [0.25, 0.3) is 11.0 Å². The highest BCUT2D eigenvalue weighted by atomic mass is 15.2. The normalized spacial score (nSPS) is 18.8. The number of benzene rings is 2. The Bertz CT molecular complexity index is 1380. The van der Waals surface area contributed by atoms with E-state index in [0.29, 0.717) is 12.1 Å². The average Bonchev–Trinajstić information content (AvgIpc) is 3.36. The second-order valence-corrected chi connectivity index (χ2v) is 9.87. The van der Waals surface area contributed by atoms with Crippen LogP contribution in [0.5, 0.6) is 0 Å². The number of nitrogens with one attached hydrogen (secondary N) is 2. The molecule has 0 spiro atoms. The molecule has 1 aliphatic carbocycles. The number of nitrogens with zero attached hydrogens (tertiary/aromatic N) is 4. The molecule has 3 heterocycles. The molecule has 0 bridgehead atoms. The lowest BCUT2D eigenvalue weighted by Gasteiger charge is -2.34.